The smallest absolute Gasteiger partial charge is 0.214 e. The third kappa shape index (κ3) is 4.16. The Morgan fingerprint density at radius 1 is 0.824 bits per heavy atom. The summed E-state index contributed by atoms with van der Waals surface area (Å²) in [5.41, 5.74) is 4.23. The van der Waals surface area contributed by atoms with Gasteiger partial charge in [0, 0.05) is 17.5 Å². The summed E-state index contributed by atoms with van der Waals surface area (Å²) in [6.07, 6.45) is 0.419. The monoisotopic (exact) mass is 458 g/mol. The lowest BCUT2D eigenvalue weighted by molar-refractivity contribution is -0.0212. The highest BCUT2D eigenvalue weighted by molar-refractivity contribution is 6.02. The first-order valence-corrected chi connectivity index (χ1v) is 12.0. The van der Waals surface area contributed by atoms with E-state index in [2.05, 4.69) is 23.2 Å². The Bertz CT molecular complexity index is 1160. The van der Waals surface area contributed by atoms with Gasteiger partial charge in [0.1, 0.15) is 11.5 Å². The summed E-state index contributed by atoms with van der Waals surface area (Å²) in [6, 6.07) is 22.4. The minimum atomic E-state index is -0.366. The predicted molar refractivity (Wildman–Crippen MR) is 132 cm³/mol. The summed E-state index contributed by atoms with van der Waals surface area (Å²) in [4.78, 5) is 0. The van der Waals surface area contributed by atoms with Crippen LogP contribution in [0.25, 0.3) is 0 Å². The Morgan fingerprint density at radius 3 is 2.12 bits per heavy atom. The van der Waals surface area contributed by atoms with Gasteiger partial charge in [0.2, 0.25) is 6.23 Å². The highest BCUT2D eigenvalue weighted by atomic mass is 16.5. The maximum Gasteiger partial charge on any atom is 0.214 e. The molecule has 0 amide bonds. The van der Waals surface area contributed by atoms with E-state index in [0.29, 0.717) is 19.8 Å². The molecule has 6 heteroatoms. The second-order valence-electron chi connectivity index (χ2n) is 8.18. The van der Waals surface area contributed by atoms with Gasteiger partial charge in [-0.25, -0.2) is 5.01 Å². The summed E-state index contributed by atoms with van der Waals surface area (Å²) < 4.78 is 23.7. The van der Waals surface area contributed by atoms with E-state index < -0.39 is 0 Å². The summed E-state index contributed by atoms with van der Waals surface area (Å²) in [5.74, 6) is 3.27. The molecule has 2 aliphatic rings. The molecule has 6 nitrogen and oxygen atoms in total. The Morgan fingerprint density at radius 2 is 1.47 bits per heavy atom. The van der Waals surface area contributed by atoms with Gasteiger partial charge in [-0.15, -0.1) is 0 Å². The number of rotatable bonds is 8. The summed E-state index contributed by atoms with van der Waals surface area (Å²) in [6.45, 7) is 7.82. The van der Waals surface area contributed by atoms with E-state index in [9.17, 15) is 0 Å². The number of nitrogens with zero attached hydrogens (tertiary/aromatic N) is 2. The zero-order valence-corrected chi connectivity index (χ0v) is 19.9. The quantitative estimate of drug-likeness (QED) is 0.407. The van der Waals surface area contributed by atoms with Gasteiger partial charge in [0.05, 0.1) is 31.6 Å². The fourth-order valence-electron chi connectivity index (χ4n) is 4.55. The van der Waals surface area contributed by atoms with Crippen molar-refractivity contribution in [2.24, 2.45) is 5.10 Å². The van der Waals surface area contributed by atoms with E-state index in [1.165, 1.54) is 0 Å². The molecule has 3 aromatic rings. The molecule has 176 valence electrons. The fourth-order valence-corrected chi connectivity index (χ4v) is 4.55. The zero-order chi connectivity index (χ0) is 23.5. The van der Waals surface area contributed by atoms with Gasteiger partial charge in [0.15, 0.2) is 11.5 Å². The average Bonchev–Trinajstić information content (AvgIpc) is 3.31. The fraction of sp³-hybridized carbons (Fsp3) is 0.321. The number of hydrogen-bond donors (Lipinski definition) is 0. The van der Waals surface area contributed by atoms with Crippen molar-refractivity contribution in [3.05, 3.63) is 83.4 Å². The van der Waals surface area contributed by atoms with Gasteiger partial charge in [0.25, 0.3) is 0 Å². The van der Waals surface area contributed by atoms with Crippen molar-refractivity contribution >= 4 is 5.71 Å². The zero-order valence-electron chi connectivity index (χ0n) is 19.9. The molecular weight excluding hydrogens is 428 g/mol. The van der Waals surface area contributed by atoms with Crippen molar-refractivity contribution in [2.45, 2.75) is 39.5 Å². The van der Waals surface area contributed by atoms with Crippen LogP contribution in [0.4, 0.5) is 0 Å². The molecule has 0 saturated heterocycles. The molecule has 3 aromatic carbocycles. The highest BCUT2D eigenvalue weighted by Crippen LogP contribution is 2.50. The van der Waals surface area contributed by atoms with Gasteiger partial charge in [-0.05, 0) is 80.9 Å². The number of para-hydroxylation sites is 1. The molecule has 0 N–H and O–H groups in total. The van der Waals surface area contributed by atoms with Crippen LogP contribution in [0.15, 0.2) is 71.8 Å². The molecule has 5 rings (SSSR count). The molecule has 0 radical (unpaired) electrons. The molecule has 0 fully saturated rings. The second kappa shape index (κ2) is 9.67. The lowest BCUT2D eigenvalue weighted by atomic mass is 9.95. The molecule has 0 aromatic heterocycles. The number of ether oxygens (including phenoxy) is 4. The Balaban J connectivity index is 1.53. The normalized spacial score (nSPS) is 18.4. The first-order chi connectivity index (χ1) is 16.7. The third-order valence-corrected chi connectivity index (χ3v) is 6.05. The van der Waals surface area contributed by atoms with Crippen LogP contribution >= 0.6 is 0 Å². The van der Waals surface area contributed by atoms with Gasteiger partial charge in [-0.2, -0.15) is 5.10 Å². The standard InChI is InChI=1S/C28H30N2O4/c1-4-31-21-14-10-19(11-15-21)24-18-25-23-8-7-9-26(33-6-3)27(23)34-28(30(25)29-24)20-12-16-22(17-13-20)32-5-2/h7-17,25,28H,4-6,18H2,1-3H3. The van der Waals surface area contributed by atoms with Crippen LogP contribution in [0.2, 0.25) is 0 Å². The minimum absolute atomic E-state index is 0.0577. The van der Waals surface area contributed by atoms with Crippen molar-refractivity contribution in [2.75, 3.05) is 19.8 Å². The van der Waals surface area contributed by atoms with E-state index >= 15 is 0 Å². The van der Waals surface area contributed by atoms with Crippen molar-refractivity contribution in [3.8, 4) is 23.0 Å². The van der Waals surface area contributed by atoms with Crippen molar-refractivity contribution in [1.29, 1.82) is 0 Å². The van der Waals surface area contributed by atoms with Crippen molar-refractivity contribution < 1.29 is 18.9 Å². The van der Waals surface area contributed by atoms with Crippen molar-refractivity contribution in [3.63, 3.8) is 0 Å². The highest BCUT2D eigenvalue weighted by Gasteiger charge is 2.42. The lowest BCUT2D eigenvalue weighted by Crippen LogP contribution is -2.33. The first-order valence-electron chi connectivity index (χ1n) is 12.0. The number of hydrogen-bond acceptors (Lipinski definition) is 6. The van der Waals surface area contributed by atoms with E-state index in [1.54, 1.807) is 0 Å². The van der Waals surface area contributed by atoms with E-state index in [0.717, 1.165) is 51.8 Å². The van der Waals surface area contributed by atoms with Crippen molar-refractivity contribution in [1.82, 2.24) is 5.01 Å². The Labute approximate surface area is 200 Å². The van der Waals surface area contributed by atoms with Gasteiger partial charge in [-0.3, -0.25) is 0 Å². The van der Waals surface area contributed by atoms with Crippen LogP contribution in [0.5, 0.6) is 23.0 Å². The van der Waals surface area contributed by atoms with Gasteiger partial charge < -0.3 is 18.9 Å². The molecule has 0 aliphatic carbocycles. The van der Waals surface area contributed by atoms with Crippen LogP contribution in [0, 0.1) is 0 Å². The van der Waals surface area contributed by atoms with Crippen LogP contribution in [0.3, 0.4) is 0 Å². The Hall–Kier alpha value is -3.67. The molecule has 2 atom stereocenters. The second-order valence-corrected chi connectivity index (χ2v) is 8.18. The minimum Gasteiger partial charge on any atom is -0.494 e. The number of benzene rings is 3. The molecule has 2 aliphatic heterocycles. The van der Waals surface area contributed by atoms with Gasteiger partial charge >= 0.3 is 0 Å². The molecule has 2 unspecified atom stereocenters. The summed E-state index contributed by atoms with van der Waals surface area (Å²) in [5, 5.41) is 7.14. The SMILES string of the molecule is CCOc1ccc(C2=NN3C(C2)c2cccc(OCC)c2OC3c2ccc(OCC)cc2)cc1. The average molecular weight is 459 g/mol. The Kier molecular flexibility index (Phi) is 6.30. The van der Waals surface area contributed by atoms with E-state index in [-0.39, 0.29) is 12.3 Å². The van der Waals surface area contributed by atoms with E-state index in [4.69, 9.17) is 24.0 Å². The number of hydrazone groups is 1. The van der Waals surface area contributed by atoms with Crippen LogP contribution in [-0.4, -0.2) is 30.5 Å². The van der Waals surface area contributed by atoms with Crippen LogP contribution in [-0.2, 0) is 0 Å². The largest absolute Gasteiger partial charge is 0.494 e. The number of fused-ring (bicyclic) bond motifs is 3. The maximum atomic E-state index is 6.58. The summed E-state index contributed by atoms with van der Waals surface area (Å²) >= 11 is 0. The van der Waals surface area contributed by atoms with Crippen LogP contribution < -0.4 is 18.9 Å². The lowest BCUT2D eigenvalue weighted by Gasteiger charge is -2.38. The molecular formula is C28H30N2O4. The predicted octanol–water partition coefficient (Wildman–Crippen LogP) is 6.13. The molecule has 0 spiro atoms. The molecule has 0 saturated carbocycles. The maximum absolute atomic E-state index is 6.58. The van der Waals surface area contributed by atoms with E-state index in [1.807, 2.05) is 69.3 Å². The first kappa shape index (κ1) is 22.1. The topological polar surface area (TPSA) is 52.5 Å². The molecule has 34 heavy (non-hydrogen) atoms. The summed E-state index contributed by atoms with van der Waals surface area (Å²) in [7, 11) is 0. The van der Waals surface area contributed by atoms with Gasteiger partial charge in [-0.1, -0.05) is 12.1 Å². The third-order valence-electron chi connectivity index (χ3n) is 6.05. The molecule has 0 bridgehead atoms. The molecule has 2 heterocycles. The van der Waals surface area contributed by atoms with Crippen LogP contribution in [0.1, 0.15) is 56.2 Å².